The molecule has 0 saturated carbocycles. The number of aliphatic imine (C=N–C) groups is 1. The van der Waals surface area contributed by atoms with Gasteiger partial charge in [-0.1, -0.05) is 53.8 Å². The number of nitrogens with one attached hydrogen (secondary N) is 2. The van der Waals surface area contributed by atoms with E-state index in [2.05, 4.69) is 26.7 Å². The van der Waals surface area contributed by atoms with Crippen LogP contribution in [0.3, 0.4) is 0 Å². The minimum absolute atomic E-state index is 0.273. The third-order valence-electron chi connectivity index (χ3n) is 6.01. The molecular weight excluding hydrogens is 502 g/mol. The number of benzene rings is 3. The van der Waals surface area contributed by atoms with Gasteiger partial charge in [0.2, 0.25) is 5.96 Å². The second-order valence-corrected chi connectivity index (χ2v) is 10.6. The van der Waals surface area contributed by atoms with Crippen molar-refractivity contribution < 1.29 is 9.59 Å². The van der Waals surface area contributed by atoms with E-state index in [1.54, 1.807) is 47.4 Å². The Hall–Kier alpha value is -3.69. The van der Waals surface area contributed by atoms with Gasteiger partial charge in [0.25, 0.3) is 11.8 Å². The molecule has 4 aromatic rings. The standard InChI is InChI=1S/C28H27N5O2S2/c1-36-18-16-23-26(35)33(25(34)20-7-3-2-4-8-20)27(31-23)30-21-13-11-19(12-14-21)15-17-29-28-32-22-9-5-6-10-24(22)37-28/h2-14,23H,15-18H2,1H3,(H,29,32)(H,30,31)/t23-/m0/s1. The third kappa shape index (κ3) is 5.84. The Morgan fingerprint density at radius 1 is 1.03 bits per heavy atom. The van der Waals surface area contributed by atoms with Crippen LogP contribution in [0.25, 0.3) is 10.2 Å². The molecular formula is C28H27N5O2S2. The van der Waals surface area contributed by atoms with E-state index in [4.69, 9.17) is 0 Å². The number of carbonyl (C=O) groups is 2. The molecule has 1 aliphatic rings. The van der Waals surface area contributed by atoms with Gasteiger partial charge in [-0.3, -0.25) is 9.59 Å². The lowest BCUT2D eigenvalue weighted by Crippen LogP contribution is -2.43. The SMILES string of the molecule is CSCC[C@@H]1N=C(Nc2ccc(CCNc3nc4ccccc4s3)cc2)N(C(=O)c2ccccc2)C1=O. The second kappa shape index (κ2) is 11.6. The molecule has 9 heteroatoms. The van der Waals surface area contributed by atoms with Gasteiger partial charge < -0.3 is 10.6 Å². The van der Waals surface area contributed by atoms with Gasteiger partial charge in [0.1, 0.15) is 6.04 Å². The Morgan fingerprint density at radius 2 is 1.78 bits per heavy atom. The number of amides is 2. The highest BCUT2D eigenvalue weighted by atomic mass is 32.2. The Bertz CT molecular complexity index is 1390. The molecule has 5 rings (SSSR count). The van der Waals surface area contributed by atoms with Crippen LogP contribution in [0, 0.1) is 0 Å². The zero-order valence-electron chi connectivity index (χ0n) is 20.4. The molecule has 3 aromatic carbocycles. The average Bonchev–Trinajstić information content (AvgIpc) is 3.48. The van der Waals surface area contributed by atoms with Crippen molar-refractivity contribution >= 4 is 61.9 Å². The van der Waals surface area contributed by atoms with Crippen molar-refractivity contribution in [2.75, 3.05) is 29.2 Å². The summed E-state index contributed by atoms with van der Waals surface area (Å²) >= 11 is 3.31. The number of para-hydroxylation sites is 1. The fraction of sp³-hybridized carbons (Fsp3) is 0.214. The van der Waals surface area contributed by atoms with E-state index in [0.717, 1.165) is 35.1 Å². The van der Waals surface area contributed by atoms with Crippen LogP contribution in [0.15, 0.2) is 83.9 Å². The zero-order chi connectivity index (χ0) is 25.6. The van der Waals surface area contributed by atoms with Gasteiger partial charge in [-0.25, -0.2) is 14.9 Å². The number of aromatic nitrogens is 1. The fourth-order valence-electron chi connectivity index (χ4n) is 4.07. The molecule has 0 spiro atoms. The number of fused-ring (bicyclic) bond motifs is 1. The largest absolute Gasteiger partial charge is 0.361 e. The van der Waals surface area contributed by atoms with Crippen molar-refractivity contribution in [3.8, 4) is 0 Å². The summed E-state index contributed by atoms with van der Waals surface area (Å²) in [6, 6.07) is 24.3. The van der Waals surface area contributed by atoms with E-state index in [9.17, 15) is 9.59 Å². The van der Waals surface area contributed by atoms with Crippen LogP contribution in [0.5, 0.6) is 0 Å². The molecule has 0 fully saturated rings. The summed E-state index contributed by atoms with van der Waals surface area (Å²) in [6.07, 6.45) is 3.42. The smallest absolute Gasteiger partial charge is 0.267 e. The van der Waals surface area contributed by atoms with E-state index in [1.807, 2.05) is 54.8 Å². The van der Waals surface area contributed by atoms with Crippen molar-refractivity contribution in [3.63, 3.8) is 0 Å². The lowest BCUT2D eigenvalue weighted by molar-refractivity contribution is -0.125. The van der Waals surface area contributed by atoms with Crippen molar-refractivity contribution in [2.24, 2.45) is 4.99 Å². The Balaban J connectivity index is 1.24. The minimum atomic E-state index is -0.560. The highest BCUT2D eigenvalue weighted by Gasteiger charge is 2.39. The van der Waals surface area contributed by atoms with Crippen LogP contribution in [-0.4, -0.2) is 52.3 Å². The zero-order valence-corrected chi connectivity index (χ0v) is 22.0. The first kappa shape index (κ1) is 25.0. The molecule has 1 aromatic heterocycles. The highest BCUT2D eigenvalue weighted by Crippen LogP contribution is 2.25. The van der Waals surface area contributed by atoms with Gasteiger partial charge >= 0.3 is 0 Å². The molecule has 1 atom stereocenters. The Labute approximate surface area is 224 Å². The second-order valence-electron chi connectivity index (χ2n) is 8.58. The first-order valence-corrected chi connectivity index (χ1v) is 14.3. The van der Waals surface area contributed by atoms with Gasteiger partial charge in [-0.15, -0.1) is 0 Å². The quantitative estimate of drug-likeness (QED) is 0.278. The molecule has 2 heterocycles. The van der Waals surface area contributed by atoms with Crippen LogP contribution in [-0.2, 0) is 11.2 Å². The summed E-state index contributed by atoms with van der Waals surface area (Å²) in [5.74, 6) is 0.402. The first-order chi connectivity index (χ1) is 18.1. The van der Waals surface area contributed by atoms with Crippen LogP contribution in [0.4, 0.5) is 10.8 Å². The van der Waals surface area contributed by atoms with E-state index >= 15 is 0 Å². The Morgan fingerprint density at radius 3 is 2.54 bits per heavy atom. The van der Waals surface area contributed by atoms with Gasteiger partial charge in [0.15, 0.2) is 5.13 Å². The van der Waals surface area contributed by atoms with Crippen LogP contribution in [0.1, 0.15) is 22.3 Å². The topological polar surface area (TPSA) is 86.7 Å². The molecule has 7 nitrogen and oxygen atoms in total. The number of thioether (sulfide) groups is 1. The fourth-order valence-corrected chi connectivity index (χ4v) is 5.42. The molecule has 0 radical (unpaired) electrons. The summed E-state index contributed by atoms with van der Waals surface area (Å²) in [5.41, 5.74) is 3.39. The molecule has 0 unspecified atom stereocenters. The number of rotatable bonds is 9. The number of hydrogen-bond acceptors (Lipinski definition) is 8. The normalized spacial score (nSPS) is 15.2. The number of imide groups is 1. The number of nitrogens with zero attached hydrogens (tertiary/aromatic N) is 3. The Kier molecular flexibility index (Phi) is 7.82. The predicted molar refractivity (Wildman–Crippen MR) is 154 cm³/mol. The number of guanidine groups is 1. The lowest BCUT2D eigenvalue weighted by Gasteiger charge is -2.18. The molecule has 1 aliphatic heterocycles. The van der Waals surface area contributed by atoms with Gasteiger partial charge in [0.05, 0.1) is 10.2 Å². The molecule has 0 bridgehead atoms. The van der Waals surface area contributed by atoms with Crippen LogP contribution >= 0.6 is 23.1 Å². The maximum absolute atomic E-state index is 13.2. The van der Waals surface area contributed by atoms with E-state index < -0.39 is 6.04 Å². The summed E-state index contributed by atoms with van der Waals surface area (Å²) < 4.78 is 1.17. The van der Waals surface area contributed by atoms with Crippen molar-refractivity contribution in [1.29, 1.82) is 0 Å². The molecule has 2 N–H and O–H groups in total. The van der Waals surface area contributed by atoms with E-state index in [-0.39, 0.29) is 17.8 Å². The van der Waals surface area contributed by atoms with E-state index in [1.165, 1.54) is 15.2 Å². The maximum Gasteiger partial charge on any atom is 0.267 e. The average molecular weight is 530 g/mol. The molecule has 188 valence electrons. The molecule has 0 saturated heterocycles. The minimum Gasteiger partial charge on any atom is -0.361 e. The van der Waals surface area contributed by atoms with E-state index in [0.29, 0.717) is 12.0 Å². The summed E-state index contributed by atoms with van der Waals surface area (Å²) in [6.45, 7) is 0.768. The number of thiazole rings is 1. The van der Waals surface area contributed by atoms with Crippen LogP contribution in [0.2, 0.25) is 0 Å². The lowest BCUT2D eigenvalue weighted by atomic mass is 10.1. The summed E-state index contributed by atoms with van der Waals surface area (Å²) in [5, 5.41) is 7.53. The van der Waals surface area contributed by atoms with Crippen LogP contribution < -0.4 is 10.6 Å². The van der Waals surface area contributed by atoms with Crippen molar-refractivity contribution in [2.45, 2.75) is 18.9 Å². The predicted octanol–water partition coefficient (Wildman–Crippen LogP) is 5.52. The van der Waals surface area contributed by atoms with Gasteiger partial charge in [-0.2, -0.15) is 11.8 Å². The number of carbonyl (C=O) groups excluding carboxylic acids is 2. The number of anilines is 2. The summed E-state index contributed by atoms with van der Waals surface area (Å²) in [4.78, 5) is 36.7. The third-order valence-corrected chi connectivity index (χ3v) is 7.65. The van der Waals surface area contributed by atoms with Gasteiger partial charge in [0, 0.05) is 17.8 Å². The first-order valence-electron chi connectivity index (χ1n) is 12.1. The highest BCUT2D eigenvalue weighted by molar-refractivity contribution is 7.98. The van der Waals surface area contributed by atoms with Crippen molar-refractivity contribution in [3.05, 3.63) is 90.0 Å². The maximum atomic E-state index is 13.2. The van der Waals surface area contributed by atoms with Crippen molar-refractivity contribution in [1.82, 2.24) is 9.88 Å². The summed E-state index contributed by atoms with van der Waals surface area (Å²) in [7, 11) is 0. The van der Waals surface area contributed by atoms with Gasteiger partial charge in [-0.05, 0) is 66.8 Å². The number of hydrogen-bond donors (Lipinski definition) is 2. The monoisotopic (exact) mass is 529 g/mol. The molecule has 2 amide bonds. The molecule has 37 heavy (non-hydrogen) atoms. The molecule has 0 aliphatic carbocycles.